The van der Waals surface area contributed by atoms with Crippen molar-refractivity contribution in [3.05, 3.63) is 77.9 Å². The highest BCUT2D eigenvalue weighted by Crippen LogP contribution is 2.30. The molecule has 0 radical (unpaired) electrons. The topological polar surface area (TPSA) is 97.4 Å². The quantitative estimate of drug-likeness (QED) is 0.435. The number of methoxy groups -OCH3 is 3. The number of nitrogens with one attached hydrogen (secondary N) is 1. The summed E-state index contributed by atoms with van der Waals surface area (Å²) in [7, 11) is 4.60. The van der Waals surface area contributed by atoms with Crippen molar-refractivity contribution in [2.24, 2.45) is 0 Å². The fraction of sp³-hybridized carbons (Fsp3) is 0.250. The number of carbonyl (C=O) groups excluding carboxylic acids is 3. The number of benzene rings is 3. The van der Waals surface area contributed by atoms with E-state index in [9.17, 15) is 14.4 Å². The van der Waals surface area contributed by atoms with E-state index in [1.54, 1.807) is 55.6 Å². The van der Waals surface area contributed by atoms with Gasteiger partial charge in [0, 0.05) is 30.4 Å². The Kier molecular flexibility index (Phi) is 7.62. The summed E-state index contributed by atoms with van der Waals surface area (Å²) in [4.78, 5) is 42.7. The molecule has 0 saturated carbocycles. The highest BCUT2D eigenvalue weighted by molar-refractivity contribution is 6.22. The number of urea groups is 1. The number of aryl methyl sites for hydroxylation is 1. The lowest BCUT2D eigenvalue weighted by Crippen LogP contribution is -2.37. The van der Waals surface area contributed by atoms with E-state index in [4.69, 9.17) is 14.2 Å². The van der Waals surface area contributed by atoms with Crippen molar-refractivity contribution in [2.45, 2.75) is 25.9 Å². The van der Waals surface area contributed by atoms with Gasteiger partial charge in [-0.3, -0.25) is 9.59 Å². The van der Waals surface area contributed by atoms with E-state index >= 15 is 0 Å². The van der Waals surface area contributed by atoms with Crippen LogP contribution in [0.5, 0.6) is 17.2 Å². The van der Waals surface area contributed by atoms with Crippen molar-refractivity contribution < 1.29 is 28.6 Å². The normalized spacial score (nSPS) is 15.1. The maximum atomic E-state index is 13.5. The average molecular weight is 504 g/mol. The van der Waals surface area contributed by atoms with Crippen molar-refractivity contribution in [1.82, 2.24) is 4.90 Å². The van der Waals surface area contributed by atoms with Gasteiger partial charge in [0.25, 0.3) is 5.91 Å². The summed E-state index contributed by atoms with van der Waals surface area (Å²) in [6.45, 7) is 2.04. The van der Waals surface area contributed by atoms with E-state index in [1.165, 1.54) is 19.1 Å². The second kappa shape index (κ2) is 11.0. The van der Waals surface area contributed by atoms with Crippen LogP contribution >= 0.6 is 0 Å². The molecule has 9 nitrogen and oxygen atoms in total. The van der Waals surface area contributed by atoms with Gasteiger partial charge in [-0.1, -0.05) is 24.3 Å². The van der Waals surface area contributed by atoms with Crippen LogP contribution in [0.1, 0.15) is 17.5 Å². The highest BCUT2D eigenvalue weighted by atomic mass is 16.5. The minimum absolute atomic E-state index is 0.155. The van der Waals surface area contributed by atoms with Gasteiger partial charge in [0.2, 0.25) is 5.91 Å². The van der Waals surface area contributed by atoms with Gasteiger partial charge < -0.3 is 24.4 Å². The summed E-state index contributed by atoms with van der Waals surface area (Å²) >= 11 is 0. The number of imide groups is 1. The fourth-order valence-corrected chi connectivity index (χ4v) is 4.21. The predicted octanol–water partition coefficient (Wildman–Crippen LogP) is 4.39. The first-order valence-corrected chi connectivity index (χ1v) is 11.7. The van der Waals surface area contributed by atoms with Gasteiger partial charge in [0.05, 0.1) is 33.4 Å². The maximum Gasteiger partial charge on any atom is 0.332 e. The average Bonchev–Trinajstić information content (AvgIpc) is 3.12. The number of amides is 4. The third-order valence-electron chi connectivity index (χ3n) is 6.10. The molecule has 1 aliphatic heterocycles. The molecule has 0 spiro atoms. The Morgan fingerprint density at radius 3 is 2.11 bits per heavy atom. The molecule has 1 saturated heterocycles. The van der Waals surface area contributed by atoms with Crippen molar-refractivity contribution in [3.8, 4) is 17.2 Å². The van der Waals surface area contributed by atoms with E-state index in [-0.39, 0.29) is 13.0 Å². The van der Waals surface area contributed by atoms with E-state index in [2.05, 4.69) is 5.32 Å². The van der Waals surface area contributed by atoms with Crippen molar-refractivity contribution >= 4 is 29.2 Å². The highest BCUT2D eigenvalue weighted by Gasteiger charge is 2.46. The van der Waals surface area contributed by atoms with Gasteiger partial charge in [-0.15, -0.1) is 0 Å². The SMILES string of the molecule is COc1ccc(CN2C(=O)N(c3cccc(C)c3)C(=O)[C@@H]2CC(=O)Nc2cc(OC)cc(OC)c2)cc1. The summed E-state index contributed by atoms with van der Waals surface area (Å²) in [5, 5.41) is 2.79. The smallest absolute Gasteiger partial charge is 0.332 e. The summed E-state index contributed by atoms with van der Waals surface area (Å²) in [6.07, 6.45) is -0.220. The number of ether oxygens (including phenoxy) is 3. The van der Waals surface area contributed by atoms with Crippen LogP contribution in [0.15, 0.2) is 66.7 Å². The zero-order valence-corrected chi connectivity index (χ0v) is 21.2. The third kappa shape index (κ3) is 5.66. The summed E-state index contributed by atoms with van der Waals surface area (Å²) < 4.78 is 15.7. The molecular weight excluding hydrogens is 474 g/mol. The maximum absolute atomic E-state index is 13.5. The van der Waals surface area contributed by atoms with Crippen LogP contribution in [0.3, 0.4) is 0 Å². The Balaban J connectivity index is 1.61. The van der Waals surface area contributed by atoms with Crippen LogP contribution in [0.25, 0.3) is 0 Å². The predicted molar refractivity (Wildman–Crippen MR) is 139 cm³/mol. The van der Waals surface area contributed by atoms with Gasteiger partial charge >= 0.3 is 6.03 Å². The van der Waals surface area contributed by atoms with Crippen LogP contribution in [-0.4, -0.2) is 50.1 Å². The van der Waals surface area contributed by atoms with Gasteiger partial charge in [-0.05, 0) is 42.3 Å². The molecule has 1 fully saturated rings. The molecule has 1 heterocycles. The first-order valence-electron chi connectivity index (χ1n) is 11.7. The number of rotatable bonds is 9. The minimum Gasteiger partial charge on any atom is -0.497 e. The van der Waals surface area contributed by atoms with Crippen LogP contribution < -0.4 is 24.4 Å². The first-order chi connectivity index (χ1) is 17.8. The van der Waals surface area contributed by atoms with E-state index < -0.39 is 23.9 Å². The van der Waals surface area contributed by atoms with E-state index in [0.29, 0.717) is 28.6 Å². The molecule has 1 atom stereocenters. The molecule has 3 aromatic carbocycles. The number of hydrogen-bond donors (Lipinski definition) is 1. The number of anilines is 2. The number of hydrogen-bond acceptors (Lipinski definition) is 6. The minimum atomic E-state index is -0.984. The van der Waals surface area contributed by atoms with Gasteiger partial charge in [-0.25, -0.2) is 9.69 Å². The van der Waals surface area contributed by atoms with Gasteiger partial charge in [0.15, 0.2) is 0 Å². The Morgan fingerprint density at radius 2 is 1.51 bits per heavy atom. The number of nitrogens with zero attached hydrogens (tertiary/aromatic N) is 2. The Hall–Kier alpha value is -4.53. The largest absolute Gasteiger partial charge is 0.497 e. The molecule has 37 heavy (non-hydrogen) atoms. The molecule has 0 aliphatic carbocycles. The molecule has 1 aliphatic rings. The third-order valence-corrected chi connectivity index (χ3v) is 6.10. The van der Waals surface area contributed by atoms with E-state index in [0.717, 1.165) is 16.0 Å². The molecule has 3 aromatic rings. The van der Waals surface area contributed by atoms with Crippen molar-refractivity contribution in [2.75, 3.05) is 31.5 Å². The van der Waals surface area contributed by atoms with E-state index in [1.807, 2.05) is 25.1 Å². The summed E-state index contributed by atoms with van der Waals surface area (Å²) in [5.41, 5.74) is 2.63. The molecule has 1 N–H and O–H groups in total. The van der Waals surface area contributed by atoms with Crippen LogP contribution in [0, 0.1) is 6.92 Å². The van der Waals surface area contributed by atoms with Crippen LogP contribution in [0.2, 0.25) is 0 Å². The Bertz CT molecular complexity index is 1290. The fourth-order valence-electron chi connectivity index (χ4n) is 4.21. The summed E-state index contributed by atoms with van der Waals surface area (Å²) in [6, 6.07) is 17.9. The standard InChI is InChI=1S/C28H29N3O6/c1-18-6-5-7-21(12-18)31-27(33)25(30(28(31)34)17-19-8-10-22(35-2)11-9-19)16-26(32)29-20-13-23(36-3)15-24(14-20)37-4/h5-15,25H,16-17H2,1-4H3,(H,29,32)/t25-/m0/s1. The molecule has 0 aromatic heterocycles. The zero-order valence-electron chi connectivity index (χ0n) is 21.2. The monoisotopic (exact) mass is 503 g/mol. The molecular formula is C28H29N3O6. The lowest BCUT2D eigenvalue weighted by atomic mass is 10.1. The first kappa shape index (κ1) is 25.6. The van der Waals surface area contributed by atoms with Crippen LogP contribution in [0.4, 0.5) is 16.2 Å². The summed E-state index contributed by atoms with van der Waals surface area (Å²) in [5.74, 6) is 0.815. The molecule has 4 rings (SSSR count). The van der Waals surface area contributed by atoms with Gasteiger partial charge in [-0.2, -0.15) is 0 Å². The lowest BCUT2D eigenvalue weighted by molar-refractivity contribution is -0.124. The van der Waals surface area contributed by atoms with Crippen molar-refractivity contribution in [3.63, 3.8) is 0 Å². The van der Waals surface area contributed by atoms with Crippen LogP contribution in [-0.2, 0) is 16.1 Å². The molecule has 192 valence electrons. The second-order valence-corrected chi connectivity index (χ2v) is 8.64. The Morgan fingerprint density at radius 1 is 0.865 bits per heavy atom. The lowest BCUT2D eigenvalue weighted by Gasteiger charge is -2.22. The zero-order chi connectivity index (χ0) is 26.5. The Labute approximate surface area is 215 Å². The molecule has 9 heteroatoms. The molecule has 0 unspecified atom stereocenters. The van der Waals surface area contributed by atoms with Gasteiger partial charge in [0.1, 0.15) is 23.3 Å². The van der Waals surface area contributed by atoms with Crippen molar-refractivity contribution in [1.29, 1.82) is 0 Å². The molecule has 4 amide bonds. The number of carbonyl (C=O) groups is 3. The second-order valence-electron chi connectivity index (χ2n) is 8.64. The molecule has 0 bridgehead atoms.